The Hall–Kier alpha value is -3.93. The Kier molecular flexibility index (Phi) is 5.54. The van der Waals surface area contributed by atoms with Crippen molar-refractivity contribution in [1.82, 2.24) is 4.90 Å². The molecule has 156 valence electrons. The van der Waals surface area contributed by atoms with E-state index < -0.39 is 17.6 Å². The van der Waals surface area contributed by atoms with Crippen LogP contribution in [0, 0.1) is 12.7 Å². The van der Waals surface area contributed by atoms with Crippen molar-refractivity contribution in [2.24, 2.45) is 0 Å². The number of hydrogen-bond acceptors (Lipinski definition) is 4. The van der Waals surface area contributed by atoms with E-state index in [1.165, 1.54) is 13.2 Å². The molecule has 4 rings (SSSR count). The van der Waals surface area contributed by atoms with Gasteiger partial charge in [0, 0.05) is 16.8 Å². The molecule has 1 heterocycles. The first-order valence-corrected chi connectivity index (χ1v) is 9.80. The van der Waals surface area contributed by atoms with Crippen molar-refractivity contribution in [3.8, 4) is 5.75 Å². The number of carbonyl (C=O) groups is 2. The van der Waals surface area contributed by atoms with Gasteiger partial charge in [-0.1, -0.05) is 48.5 Å². The van der Waals surface area contributed by atoms with Gasteiger partial charge in [-0.25, -0.2) is 4.39 Å². The summed E-state index contributed by atoms with van der Waals surface area (Å²) in [6.45, 7) is 1.77. The van der Waals surface area contributed by atoms with E-state index in [-0.39, 0.29) is 23.4 Å². The van der Waals surface area contributed by atoms with E-state index in [1.807, 2.05) is 31.2 Å². The monoisotopic (exact) mass is 416 g/mol. The van der Waals surface area contributed by atoms with Gasteiger partial charge in [0.05, 0.1) is 19.2 Å². The molecule has 1 aliphatic heterocycles. The van der Waals surface area contributed by atoms with Gasteiger partial charge in [0.1, 0.15) is 17.3 Å². The average Bonchev–Trinajstić information content (AvgIpc) is 2.99. The minimum Gasteiger partial charge on any atom is -0.496 e. The summed E-state index contributed by atoms with van der Waals surface area (Å²) in [6.07, 6.45) is 0. The van der Waals surface area contributed by atoms with Gasteiger partial charge in [0.2, 0.25) is 0 Å². The van der Waals surface area contributed by atoms with Gasteiger partial charge in [0.25, 0.3) is 11.8 Å². The number of nitrogens with one attached hydrogen (secondary N) is 1. The summed E-state index contributed by atoms with van der Waals surface area (Å²) in [5, 5.41) is 3.11. The van der Waals surface area contributed by atoms with Crippen LogP contribution in [0.2, 0.25) is 0 Å². The number of rotatable bonds is 6. The normalized spacial score (nSPS) is 13.7. The molecule has 0 bridgehead atoms. The molecule has 0 aliphatic carbocycles. The predicted octanol–water partition coefficient (Wildman–Crippen LogP) is 4.53. The van der Waals surface area contributed by atoms with Crippen LogP contribution in [0.3, 0.4) is 0 Å². The average molecular weight is 416 g/mol. The third-order valence-corrected chi connectivity index (χ3v) is 5.12. The first-order valence-electron chi connectivity index (χ1n) is 9.80. The molecule has 0 saturated heterocycles. The lowest BCUT2D eigenvalue weighted by Crippen LogP contribution is -2.32. The first-order chi connectivity index (χ1) is 15.0. The van der Waals surface area contributed by atoms with Crippen molar-refractivity contribution in [3.63, 3.8) is 0 Å². The zero-order valence-electron chi connectivity index (χ0n) is 17.2. The number of ether oxygens (including phenoxy) is 1. The largest absolute Gasteiger partial charge is 0.496 e. The van der Waals surface area contributed by atoms with Crippen LogP contribution in [0.4, 0.5) is 10.1 Å². The molecule has 0 fully saturated rings. The number of amides is 2. The van der Waals surface area contributed by atoms with Crippen LogP contribution in [0.5, 0.6) is 5.75 Å². The Balaban J connectivity index is 1.80. The Morgan fingerprint density at radius 2 is 1.68 bits per heavy atom. The van der Waals surface area contributed by atoms with Gasteiger partial charge in [-0.15, -0.1) is 0 Å². The Morgan fingerprint density at radius 1 is 0.935 bits per heavy atom. The molecule has 3 aromatic carbocycles. The van der Waals surface area contributed by atoms with Crippen molar-refractivity contribution in [1.29, 1.82) is 0 Å². The molecular formula is C25H21FN2O3. The molecule has 3 aromatic rings. The van der Waals surface area contributed by atoms with Crippen LogP contribution < -0.4 is 10.1 Å². The third-order valence-electron chi connectivity index (χ3n) is 5.12. The predicted molar refractivity (Wildman–Crippen MR) is 117 cm³/mol. The summed E-state index contributed by atoms with van der Waals surface area (Å²) >= 11 is 0. The summed E-state index contributed by atoms with van der Waals surface area (Å²) < 4.78 is 19.7. The fraction of sp³-hybridized carbons (Fsp3) is 0.120. The number of carbonyl (C=O) groups excluding carboxylic acids is 2. The van der Waals surface area contributed by atoms with Crippen LogP contribution >= 0.6 is 0 Å². The van der Waals surface area contributed by atoms with Crippen LogP contribution in [-0.4, -0.2) is 23.8 Å². The lowest BCUT2D eigenvalue weighted by Gasteiger charge is -2.16. The number of para-hydroxylation sites is 1. The zero-order chi connectivity index (χ0) is 22.0. The summed E-state index contributed by atoms with van der Waals surface area (Å²) in [7, 11) is 1.51. The summed E-state index contributed by atoms with van der Waals surface area (Å²) in [4.78, 5) is 27.8. The van der Waals surface area contributed by atoms with E-state index in [9.17, 15) is 14.0 Å². The van der Waals surface area contributed by atoms with Crippen molar-refractivity contribution in [2.45, 2.75) is 13.5 Å². The zero-order valence-corrected chi connectivity index (χ0v) is 17.2. The molecule has 0 aromatic heterocycles. The quantitative estimate of drug-likeness (QED) is 0.600. The number of anilines is 1. The Labute approximate surface area is 179 Å². The molecule has 5 nitrogen and oxygen atoms in total. The number of methoxy groups -OCH3 is 1. The number of nitrogens with zero attached hydrogens (tertiary/aromatic N) is 1. The smallest absolute Gasteiger partial charge is 0.278 e. The molecule has 0 saturated carbocycles. The van der Waals surface area contributed by atoms with Crippen molar-refractivity contribution in [3.05, 3.63) is 101 Å². The SMILES string of the molecule is COc1ccccc1C1=C(Nc2cccc(C)c2)C(=O)N(Cc2ccccc2F)C1=O. The molecular weight excluding hydrogens is 395 g/mol. The minimum atomic E-state index is -0.518. The molecule has 0 spiro atoms. The fourth-order valence-corrected chi connectivity index (χ4v) is 3.60. The van der Waals surface area contributed by atoms with Crippen LogP contribution in [-0.2, 0) is 16.1 Å². The Morgan fingerprint density at radius 3 is 2.42 bits per heavy atom. The van der Waals surface area contributed by atoms with Crippen LogP contribution in [0.25, 0.3) is 5.57 Å². The van der Waals surface area contributed by atoms with E-state index in [0.29, 0.717) is 17.0 Å². The van der Waals surface area contributed by atoms with E-state index in [4.69, 9.17) is 4.74 Å². The van der Waals surface area contributed by atoms with Crippen LogP contribution in [0.15, 0.2) is 78.5 Å². The highest BCUT2D eigenvalue weighted by Crippen LogP contribution is 2.36. The van der Waals surface area contributed by atoms with Gasteiger partial charge in [-0.3, -0.25) is 14.5 Å². The topological polar surface area (TPSA) is 58.6 Å². The first kappa shape index (κ1) is 20.3. The second-order valence-electron chi connectivity index (χ2n) is 7.23. The second kappa shape index (κ2) is 8.44. The maximum Gasteiger partial charge on any atom is 0.278 e. The van der Waals surface area contributed by atoms with Gasteiger partial charge in [-0.05, 0) is 36.8 Å². The number of halogens is 1. The van der Waals surface area contributed by atoms with Gasteiger partial charge >= 0.3 is 0 Å². The molecule has 31 heavy (non-hydrogen) atoms. The van der Waals surface area contributed by atoms with Crippen LogP contribution in [0.1, 0.15) is 16.7 Å². The third kappa shape index (κ3) is 3.92. The molecule has 1 N–H and O–H groups in total. The lowest BCUT2D eigenvalue weighted by atomic mass is 10.0. The summed E-state index contributed by atoms with van der Waals surface area (Å²) in [6, 6.07) is 20.6. The van der Waals surface area contributed by atoms with E-state index >= 15 is 0 Å². The second-order valence-corrected chi connectivity index (χ2v) is 7.23. The number of imide groups is 1. The maximum atomic E-state index is 14.2. The van der Waals surface area contributed by atoms with Crippen molar-refractivity contribution < 1.29 is 18.7 Å². The molecule has 0 atom stereocenters. The number of hydrogen-bond donors (Lipinski definition) is 1. The van der Waals surface area contributed by atoms with Gasteiger partial charge in [0.15, 0.2) is 0 Å². The molecule has 0 unspecified atom stereocenters. The highest BCUT2D eigenvalue weighted by Gasteiger charge is 2.40. The molecule has 1 aliphatic rings. The van der Waals surface area contributed by atoms with Crippen molar-refractivity contribution in [2.75, 3.05) is 12.4 Å². The Bertz CT molecular complexity index is 1200. The van der Waals surface area contributed by atoms with E-state index in [1.54, 1.807) is 42.5 Å². The van der Waals surface area contributed by atoms with Crippen molar-refractivity contribution >= 4 is 23.1 Å². The lowest BCUT2D eigenvalue weighted by molar-refractivity contribution is -0.137. The number of aryl methyl sites for hydroxylation is 1. The van der Waals surface area contributed by atoms with Gasteiger partial charge in [-0.2, -0.15) is 0 Å². The molecule has 6 heteroatoms. The molecule has 0 radical (unpaired) electrons. The standard InChI is InChI=1S/C25H21FN2O3/c1-16-8-7-10-18(14-16)27-23-22(19-11-4-6-13-21(19)31-2)24(29)28(25(23)30)15-17-9-3-5-12-20(17)26/h3-14,27H,15H2,1-2H3. The summed E-state index contributed by atoms with van der Waals surface area (Å²) in [5.41, 5.74) is 2.77. The van der Waals surface area contributed by atoms with E-state index in [0.717, 1.165) is 10.5 Å². The van der Waals surface area contributed by atoms with Gasteiger partial charge < -0.3 is 10.1 Å². The highest BCUT2D eigenvalue weighted by atomic mass is 19.1. The number of benzene rings is 3. The van der Waals surface area contributed by atoms with E-state index in [2.05, 4.69) is 5.32 Å². The minimum absolute atomic E-state index is 0.136. The molecule has 2 amide bonds. The summed E-state index contributed by atoms with van der Waals surface area (Å²) in [5.74, 6) is -1.03. The fourth-order valence-electron chi connectivity index (χ4n) is 3.60. The highest BCUT2D eigenvalue weighted by molar-refractivity contribution is 6.36. The maximum absolute atomic E-state index is 14.2.